The van der Waals surface area contributed by atoms with Gasteiger partial charge in [-0.15, -0.1) is 11.3 Å². The average molecular weight is 214 g/mol. The van der Waals surface area contributed by atoms with Crippen LogP contribution in [0.25, 0.3) is 0 Å². The number of carboxylic acids is 1. The molecule has 1 heterocycles. The Morgan fingerprint density at radius 2 is 2.50 bits per heavy atom. The molecule has 1 aromatic heterocycles. The van der Waals surface area contributed by atoms with Crippen molar-refractivity contribution in [1.29, 1.82) is 0 Å². The molecule has 0 aliphatic rings. The molecule has 0 saturated heterocycles. The predicted molar refractivity (Wildman–Crippen MR) is 56.8 cm³/mol. The molecule has 1 atom stereocenters. The fourth-order valence-electron chi connectivity index (χ4n) is 0.922. The third-order valence-electron chi connectivity index (χ3n) is 1.87. The van der Waals surface area contributed by atoms with Crippen LogP contribution in [0.4, 0.5) is 5.13 Å². The minimum absolute atomic E-state index is 0.00130. The Bertz CT molecular complexity index is 312. The molecule has 5 heteroatoms. The lowest BCUT2D eigenvalue weighted by atomic mass is 10.3. The smallest absolute Gasteiger partial charge is 0.309 e. The van der Waals surface area contributed by atoms with Crippen LogP contribution >= 0.6 is 11.3 Å². The van der Waals surface area contributed by atoms with Crippen molar-refractivity contribution in [2.45, 2.75) is 32.7 Å². The zero-order chi connectivity index (χ0) is 10.6. The second-order valence-corrected chi connectivity index (χ2v) is 4.03. The maximum atomic E-state index is 10.4. The van der Waals surface area contributed by atoms with E-state index in [4.69, 9.17) is 5.11 Å². The first kappa shape index (κ1) is 11.0. The Kier molecular flexibility index (Phi) is 3.88. The van der Waals surface area contributed by atoms with E-state index in [1.165, 1.54) is 11.3 Å². The van der Waals surface area contributed by atoms with E-state index in [9.17, 15) is 4.79 Å². The number of nitrogens with one attached hydrogen (secondary N) is 1. The highest BCUT2D eigenvalue weighted by atomic mass is 32.1. The molecule has 1 rings (SSSR count). The van der Waals surface area contributed by atoms with Gasteiger partial charge in [-0.05, 0) is 13.3 Å². The summed E-state index contributed by atoms with van der Waals surface area (Å²) in [6.45, 7) is 4.15. The number of anilines is 1. The normalized spacial score (nSPS) is 12.4. The van der Waals surface area contributed by atoms with Gasteiger partial charge in [-0.3, -0.25) is 4.79 Å². The number of rotatable bonds is 5. The van der Waals surface area contributed by atoms with Gasteiger partial charge in [-0.2, -0.15) is 0 Å². The lowest BCUT2D eigenvalue weighted by Crippen LogP contribution is -2.13. The largest absolute Gasteiger partial charge is 0.481 e. The van der Waals surface area contributed by atoms with Gasteiger partial charge in [0.15, 0.2) is 5.13 Å². The van der Waals surface area contributed by atoms with Gasteiger partial charge in [-0.1, -0.05) is 6.92 Å². The van der Waals surface area contributed by atoms with Crippen molar-refractivity contribution in [2.75, 3.05) is 5.32 Å². The van der Waals surface area contributed by atoms with Crippen LogP contribution in [0.5, 0.6) is 0 Å². The second-order valence-electron chi connectivity index (χ2n) is 3.17. The highest BCUT2D eigenvalue weighted by Gasteiger charge is 2.07. The average Bonchev–Trinajstić information content (AvgIpc) is 2.51. The molecular formula is C9H14N2O2S. The van der Waals surface area contributed by atoms with Crippen molar-refractivity contribution in [3.8, 4) is 0 Å². The van der Waals surface area contributed by atoms with Crippen molar-refractivity contribution in [3.63, 3.8) is 0 Å². The fourth-order valence-corrected chi connectivity index (χ4v) is 1.75. The van der Waals surface area contributed by atoms with Gasteiger partial charge in [0.25, 0.3) is 0 Å². The van der Waals surface area contributed by atoms with E-state index in [0.29, 0.717) is 11.7 Å². The number of hydrogen-bond acceptors (Lipinski definition) is 4. The molecule has 4 nitrogen and oxygen atoms in total. The summed E-state index contributed by atoms with van der Waals surface area (Å²) in [7, 11) is 0. The van der Waals surface area contributed by atoms with E-state index in [1.54, 1.807) is 5.38 Å². The van der Waals surface area contributed by atoms with Crippen LogP contribution in [0.3, 0.4) is 0 Å². The second kappa shape index (κ2) is 4.95. The van der Waals surface area contributed by atoms with Gasteiger partial charge < -0.3 is 10.4 Å². The molecule has 0 amide bonds. The quantitative estimate of drug-likeness (QED) is 0.786. The summed E-state index contributed by atoms with van der Waals surface area (Å²) in [4.78, 5) is 14.6. The minimum Gasteiger partial charge on any atom is -0.481 e. The molecule has 0 saturated carbocycles. The third kappa shape index (κ3) is 3.33. The van der Waals surface area contributed by atoms with Crippen LogP contribution in [0, 0.1) is 0 Å². The van der Waals surface area contributed by atoms with E-state index < -0.39 is 5.97 Å². The summed E-state index contributed by atoms with van der Waals surface area (Å²) < 4.78 is 0. The molecule has 78 valence electrons. The van der Waals surface area contributed by atoms with Crippen LogP contribution in [0.15, 0.2) is 5.38 Å². The first-order chi connectivity index (χ1) is 6.61. The Morgan fingerprint density at radius 1 is 1.79 bits per heavy atom. The number of hydrogen-bond donors (Lipinski definition) is 2. The number of nitrogens with zero attached hydrogens (tertiary/aromatic N) is 1. The van der Waals surface area contributed by atoms with Gasteiger partial charge in [-0.25, -0.2) is 4.98 Å². The van der Waals surface area contributed by atoms with E-state index in [2.05, 4.69) is 24.1 Å². The predicted octanol–water partition coefficient (Wildman–Crippen LogP) is 1.98. The Hall–Kier alpha value is -1.10. The highest BCUT2D eigenvalue weighted by Crippen LogP contribution is 2.17. The summed E-state index contributed by atoms with van der Waals surface area (Å²) in [5, 5.41) is 14.3. The molecule has 0 bridgehead atoms. The van der Waals surface area contributed by atoms with Crippen LogP contribution in [-0.2, 0) is 11.2 Å². The first-order valence-electron chi connectivity index (χ1n) is 4.54. The number of carboxylic acid groups (broad SMARTS) is 1. The summed E-state index contributed by atoms with van der Waals surface area (Å²) >= 11 is 1.45. The zero-order valence-corrected chi connectivity index (χ0v) is 9.10. The van der Waals surface area contributed by atoms with Crippen molar-refractivity contribution >= 4 is 22.4 Å². The SMILES string of the molecule is CCC(C)Nc1nc(CC(=O)O)cs1. The molecule has 0 spiro atoms. The number of aromatic nitrogens is 1. The number of thiazole rings is 1. The van der Waals surface area contributed by atoms with Crippen molar-refractivity contribution in [1.82, 2.24) is 4.98 Å². The Morgan fingerprint density at radius 3 is 3.07 bits per heavy atom. The summed E-state index contributed by atoms with van der Waals surface area (Å²) in [6, 6.07) is 0.374. The summed E-state index contributed by atoms with van der Waals surface area (Å²) in [5.41, 5.74) is 0.619. The molecule has 0 aliphatic carbocycles. The maximum absolute atomic E-state index is 10.4. The standard InChI is InChI=1S/C9H14N2O2S/c1-3-6(2)10-9-11-7(5-14-9)4-8(12)13/h5-6H,3-4H2,1-2H3,(H,10,11)(H,12,13). The molecular weight excluding hydrogens is 200 g/mol. The van der Waals surface area contributed by atoms with Gasteiger partial charge in [0, 0.05) is 11.4 Å². The van der Waals surface area contributed by atoms with E-state index in [1.807, 2.05) is 0 Å². The van der Waals surface area contributed by atoms with Crippen LogP contribution in [0.2, 0.25) is 0 Å². The van der Waals surface area contributed by atoms with Gasteiger partial charge in [0.1, 0.15) is 0 Å². The van der Waals surface area contributed by atoms with Gasteiger partial charge in [0.2, 0.25) is 0 Å². The van der Waals surface area contributed by atoms with E-state index in [0.717, 1.165) is 11.6 Å². The topological polar surface area (TPSA) is 62.2 Å². The van der Waals surface area contributed by atoms with Crippen molar-refractivity contribution < 1.29 is 9.90 Å². The van der Waals surface area contributed by atoms with Crippen LogP contribution < -0.4 is 5.32 Å². The molecule has 1 aromatic rings. The lowest BCUT2D eigenvalue weighted by Gasteiger charge is -2.08. The van der Waals surface area contributed by atoms with E-state index >= 15 is 0 Å². The van der Waals surface area contributed by atoms with E-state index in [-0.39, 0.29) is 6.42 Å². The van der Waals surface area contributed by atoms with Crippen molar-refractivity contribution in [2.24, 2.45) is 0 Å². The third-order valence-corrected chi connectivity index (χ3v) is 2.69. The first-order valence-corrected chi connectivity index (χ1v) is 5.42. The van der Waals surface area contributed by atoms with Crippen LogP contribution in [-0.4, -0.2) is 22.1 Å². The lowest BCUT2D eigenvalue weighted by molar-refractivity contribution is -0.136. The highest BCUT2D eigenvalue weighted by molar-refractivity contribution is 7.13. The van der Waals surface area contributed by atoms with Crippen LogP contribution in [0.1, 0.15) is 26.0 Å². The summed E-state index contributed by atoms with van der Waals surface area (Å²) in [6.07, 6.45) is 1.02. The van der Waals surface area contributed by atoms with Crippen molar-refractivity contribution in [3.05, 3.63) is 11.1 Å². The molecule has 2 N–H and O–H groups in total. The molecule has 0 radical (unpaired) electrons. The molecule has 14 heavy (non-hydrogen) atoms. The Labute approximate surface area is 87.0 Å². The summed E-state index contributed by atoms with van der Waals surface area (Å²) in [5.74, 6) is -0.842. The molecule has 0 fully saturated rings. The number of aliphatic carboxylic acids is 1. The minimum atomic E-state index is -0.842. The fraction of sp³-hybridized carbons (Fsp3) is 0.556. The number of carbonyl (C=O) groups is 1. The zero-order valence-electron chi connectivity index (χ0n) is 8.28. The molecule has 0 aromatic carbocycles. The Balaban J connectivity index is 2.54. The molecule has 1 unspecified atom stereocenters. The maximum Gasteiger partial charge on any atom is 0.309 e. The van der Waals surface area contributed by atoms with Gasteiger partial charge in [0.05, 0.1) is 12.1 Å². The monoisotopic (exact) mass is 214 g/mol. The molecule has 0 aliphatic heterocycles. The van der Waals surface area contributed by atoms with Gasteiger partial charge >= 0.3 is 5.97 Å².